The van der Waals surface area contributed by atoms with E-state index in [-0.39, 0.29) is 17.9 Å². The molecule has 0 aromatic heterocycles. The zero-order valence-corrected chi connectivity index (χ0v) is 15.3. The summed E-state index contributed by atoms with van der Waals surface area (Å²) in [4.78, 5) is 26.2. The molecule has 0 unspecified atom stereocenters. The number of piperidine rings is 1. The van der Waals surface area contributed by atoms with Gasteiger partial charge in [0.15, 0.2) is 0 Å². The SMILES string of the molecule is Cc1ccc(NC(=O)C2CCN(C(=O)OC(C)(C)C)CC2)c(C)c1. The van der Waals surface area contributed by atoms with Crippen LogP contribution in [-0.4, -0.2) is 35.6 Å². The number of benzene rings is 1. The Morgan fingerprint density at radius 2 is 1.79 bits per heavy atom. The molecular formula is C19H28N2O3. The molecule has 5 nitrogen and oxygen atoms in total. The van der Waals surface area contributed by atoms with Gasteiger partial charge in [-0.2, -0.15) is 0 Å². The van der Waals surface area contributed by atoms with Crippen LogP contribution < -0.4 is 5.32 Å². The lowest BCUT2D eigenvalue weighted by Crippen LogP contribution is -2.43. The fraction of sp³-hybridized carbons (Fsp3) is 0.579. The zero-order valence-electron chi connectivity index (χ0n) is 15.3. The van der Waals surface area contributed by atoms with E-state index < -0.39 is 5.60 Å². The van der Waals surface area contributed by atoms with Crippen LogP contribution in [0.1, 0.15) is 44.7 Å². The quantitative estimate of drug-likeness (QED) is 0.894. The van der Waals surface area contributed by atoms with Crippen LogP contribution in [0.4, 0.5) is 10.5 Å². The molecular weight excluding hydrogens is 304 g/mol. The van der Waals surface area contributed by atoms with Crippen LogP contribution in [0.5, 0.6) is 0 Å². The molecule has 0 atom stereocenters. The van der Waals surface area contributed by atoms with Crippen molar-refractivity contribution in [3.8, 4) is 0 Å². The van der Waals surface area contributed by atoms with Gasteiger partial charge < -0.3 is 15.0 Å². The molecule has 1 aliphatic heterocycles. The number of anilines is 1. The first-order chi connectivity index (χ1) is 11.2. The molecule has 1 heterocycles. The normalized spacial score (nSPS) is 16.0. The molecule has 2 rings (SSSR count). The zero-order chi connectivity index (χ0) is 17.9. The number of likely N-dealkylation sites (tertiary alicyclic amines) is 1. The Kier molecular flexibility index (Phi) is 5.52. The molecule has 1 aromatic carbocycles. The summed E-state index contributed by atoms with van der Waals surface area (Å²) in [7, 11) is 0. The van der Waals surface area contributed by atoms with E-state index in [2.05, 4.69) is 11.4 Å². The molecule has 5 heteroatoms. The molecule has 1 saturated heterocycles. The average molecular weight is 332 g/mol. The topological polar surface area (TPSA) is 58.6 Å². The van der Waals surface area contributed by atoms with Gasteiger partial charge in [-0.05, 0) is 59.1 Å². The molecule has 1 fully saturated rings. The van der Waals surface area contributed by atoms with E-state index in [1.165, 1.54) is 5.56 Å². The minimum atomic E-state index is -0.492. The third-order valence-corrected chi connectivity index (χ3v) is 4.16. The summed E-state index contributed by atoms with van der Waals surface area (Å²) in [6.07, 6.45) is 1.03. The Morgan fingerprint density at radius 1 is 1.17 bits per heavy atom. The summed E-state index contributed by atoms with van der Waals surface area (Å²) in [6, 6.07) is 5.99. The maximum absolute atomic E-state index is 12.5. The van der Waals surface area contributed by atoms with Crippen LogP contribution in [0.2, 0.25) is 0 Å². The predicted octanol–water partition coefficient (Wildman–Crippen LogP) is 3.89. The highest BCUT2D eigenvalue weighted by Crippen LogP contribution is 2.23. The number of carbonyl (C=O) groups excluding carboxylic acids is 2. The summed E-state index contributed by atoms with van der Waals surface area (Å²) in [5, 5.41) is 3.02. The summed E-state index contributed by atoms with van der Waals surface area (Å²) < 4.78 is 5.38. The van der Waals surface area contributed by atoms with Gasteiger partial charge >= 0.3 is 6.09 Å². The number of nitrogens with one attached hydrogen (secondary N) is 1. The van der Waals surface area contributed by atoms with Crippen LogP contribution >= 0.6 is 0 Å². The summed E-state index contributed by atoms with van der Waals surface area (Å²) in [5.74, 6) is -0.0322. The molecule has 0 bridgehead atoms. The Bertz CT molecular complexity index is 612. The first kappa shape index (κ1) is 18.3. The number of hydrogen-bond acceptors (Lipinski definition) is 3. The Morgan fingerprint density at radius 3 is 2.33 bits per heavy atom. The van der Waals surface area contributed by atoms with Gasteiger partial charge in [0, 0.05) is 24.7 Å². The van der Waals surface area contributed by atoms with Crippen molar-refractivity contribution in [1.29, 1.82) is 0 Å². The monoisotopic (exact) mass is 332 g/mol. The van der Waals surface area contributed by atoms with E-state index in [1.54, 1.807) is 4.90 Å². The lowest BCUT2D eigenvalue weighted by atomic mass is 9.96. The predicted molar refractivity (Wildman–Crippen MR) is 95.1 cm³/mol. The Labute approximate surface area is 144 Å². The van der Waals surface area contributed by atoms with Gasteiger partial charge in [-0.15, -0.1) is 0 Å². The van der Waals surface area contributed by atoms with Crippen molar-refractivity contribution in [2.24, 2.45) is 5.92 Å². The second kappa shape index (κ2) is 7.24. The smallest absolute Gasteiger partial charge is 0.410 e. The van der Waals surface area contributed by atoms with E-state index in [9.17, 15) is 9.59 Å². The molecule has 1 N–H and O–H groups in total. The van der Waals surface area contributed by atoms with E-state index in [1.807, 2.05) is 46.8 Å². The van der Waals surface area contributed by atoms with E-state index >= 15 is 0 Å². The molecule has 0 saturated carbocycles. The average Bonchev–Trinajstić information content (AvgIpc) is 2.48. The minimum Gasteiger partial charge on any atom is -0.444 e. The van der Waals surface area contributed by atoms with E-state index in [0.29, 0.717) is 25.9 Å². The second-order valence-electron chi connectivity index (χ2n) is 7.55. The maximum Gasteiger partial charge on any atom is 0.410 e. The van der Waals surface area contributed by atoms with Gasteiger partial charge in [-0.1, -0.05) is 17.7 Å². The third-order valence-electron chi connectivity index (χ3n) is 4.16. The van der Waals surface area contributed by atoms with Crippen molar-refractivity contribution in [3.63, 3.8) is 0 Å². The van der Waals surface area contributed by atoms with Gasteiger partial charge in [0.25, 0.3) is 0 Å². The van der Waals surface area contributed by atoms with Gasteiger partial charge in [0.1, 0.15) is 5.60 Å². The van der Waals surface area contributed by atoms with Crippen LogP contribution in [0.3, 0.4) is 0 Å². The van der Waals surface area contributed by atoms with Gasteiger partial charge in [0.05, 0.1) is 0 Å². The molecule has 1 aliphatic rings. The number of nitrogens with zero attached hydrogens (tertiary/aromatic N) is 1. The van der Waals surface area contributed by atoms with Gasteiger partial charge in [0.2, 0.25) is 5.91 Å². The molecule has 2 amide bonds. The molecule has 24 heavy (non-hydrogen) atoms. The maximum atomic E-state index is 12.5. The van der Waals surface area contributed by atoms with Crippen molar-refractivity contribution in [2.75, 3.05) is 18.4 Å². The number of aryl methyl sites for hydroxylation is 2. The first-order valence-electron chi connectivity index (χ1n) is 8.52. The van der Waals surface area contributed by atoms with Crippen molar-refractivity contribution in [1.82, 2.24) is 4.90 Å². The summed E-state index contributed by atoms with van der Waals surface area (Å²) in [5.41, 5.74) is 2.61. The molecule has 0 spiro atoms. The Hall–Kier alpha value is -2.04. The van der Waals surface area contributed by atoms with E-state index in [0.717, 1.165) is 11.3 Å². The minimum absolute atomic E-state index is 0.0331. The number of ether oxygens (including phenoxy) is 1. The molecule has 132 valence electrons. The highest BCUT2D eigenvalue weighted by Gasteiger charge is 2.30. The number of hydrogen-bond donors (Lipinski definition) is 1. The van der Waals surface area contributed by atoms with E-state index in [4.69, 9.17) is 4.74 Å². The lowest BCUT2D eigenvalue weighted by Gasteiger charge is -2.33. The fourth-order valence-electron chi connectivity index (χ4n) is 2.84. The number of carbonyl (C=O) groups is 2. The van der Waals surface area contributed by atoms with Crippen LogP contribution in [0, 0.1) is 19.8 Å². The van der Waals surface area contributed by atoms with Crippen molar-refractivity contribution in [3.05, 3.63) is 29.3 Å². The van der Waals surface area contributed by atoms with Crippen molar-refractivity contribution >= 4 is 17.7 Å². The van der Waals surface area contributed by atoms with Crippen LogP contribution in [0.25, 0.3) is 0 Å². The lowest BCUT2D eigenvalue weighted by molar-refractivity contribution is -0.121. The fourth-order valence-corrected chi connectivity index (χ4v) is 2.84. The molecule has 0 radical (unpaired) electrons. The number of amides is 2. The standard InChI is InChI=1S/C19H28N2O3/c1-13-6-7-16(14(2)12-13)20-17(22)15-8-10-21(11-9-15)18(23)24-19(3,4)5/h6-7,12,15H,8-11H2,1-5H3,(H,20,22). The van der Waals surface area contributed by atoms with Crippen molar-refractivity contribution in [2.45, 2.75) is 53.1 Å². The van der Waals surface area contributed by atoms with Crippen LogP contribution in [-0.2, 0) is 9.53 Å². The number of rotatable bonds is 2. The summed E-state index contributed by atoms with van der Waals surface area (Å²) in [6.45, 7) is 10.7. The highest BCUT2D eigenvalue weighted by molar-refractivity contribution is 5.93. The molecule has 1 aromatic rings. The second-order valence-corrected chi connectivity index (χ2v) is 7.55. The largest absolute Gasteiger partial charge is 0.444 e. The van der Waals surface area contributed by atoms with Gasteiger partial charge in [-0.25, -0.2) is 4.79 Å². The highest BCUT2D eigenvalue weighted by atomic mass is 16.6. The van der Waals surface area contributed by atoms with Crippen LogP contribution in [0.15, 0.2) is 18.2 Å². The summed E-state index contributed by atoms with van der Waals surface area (Å²) >= 11 is 0. The first-order valence-corrected chi connectivity index (χ1v) is 8.52. The molecule has 0 aliphatic carbocycles. The van der Waals surface area contributed by atoms with Crippen molar-refractivity contribution < 1.29 is 14.3 Å². The Balaban J connectivity index is 1.87. The third kappa shape index (κ3) is 4.98. The van der Waals surface area contributed by atoms with Gasteiger partial charge in [-0.3, -0.25) is 4.79 Å².